The second-order valence-electron chi connectivity index (χ2n) is 5.07. The fourth-order valence-corrected chi connectivity index (χ4v) is 3.45. The number of hydrogen-bond donors (Lipinski definition) is 1. The molecule has 1 aliphatic rings. The summed E-state index contributed by atoms with van der Waals surface area (Å²) in [4.78, 5) is 7.08. The van der Waals surface area contributed by atoms with Crippen LogP contribution in [0, 0.1) is 0 Å². The lowest BCUT2D eigenvalue weighted by molar-refractivity contribution is 0.459. The Labute approximate surface area is 111 Å². The van der Waals surface area contributed by atoms with Gasteiger partial charge in [-0.1, -0.05) is 13.8 Å². The van der Waals surface area contributed by atoms with Crippen LogP contribution in [0.15, 0.2) is 16.7 Å². The summed E-state index contributed by atoms with van der Waals surface area (Å²) in [5.41, 5.74) is 1.51. The van der Waals surface area contributed by atoms with E-state index in [-0.39, 0.29) is 0 Å². The van der Waals surface area contributed by atoms with E-state index in [9.17, 15) is 0 Å². The number of thiophene rings is 1. The minimum Gasteiger partial charge on any atom is -0.438 e. The molecule has 0 saturated heterocycles. The molecule has 96 valence electrons. The van der Waals surface area contributed by atoms with Gasteiger partial charge in [0.25, 0.3) is 0 Å². The smallest absolute Gasteiger partial charge is 0.208 e. The average Bonchev–Trinajstić information content (AvgIpc) is 3.00. The van der Waals surface area contributed by atoms with E-state index in [1.54, 1.807) is 0 Å². The Morgan fingerprint density at radius 3 is 3.11 bits per heavy atom. The summed E-state index contributed by atoms with van der Waals surface area (Å²) in [6.45, 7) is 4.93. The van der Waals surface area contributed by atoms with Crippen molar-refractivity contribution in [3.63, 3.8) is 0 Å². The minimum absolute atomic E-state index is 0.450. The summed E-state index contributed by atoms with van der Waals surface area (Å²) in [7, 11) is 0. The predicted molar refractivity (Wildman–Crippen MR) is 73.8 cm³/mol. The fourth-order valence-electron chi connectivity index (χ4n) is 2.25. The Kier molecular flexibility index (Phi) is 3.22. The Balaban J connectivity index is 1.75. The molecule has 0 saturated carbocycles. The third-order valence-electron chi connectivity index (χ3n) is 3.20. The second-order valence-corrected chi connectivity index (χ2v) is 6.20. The van der Waals surface area contributed by atoms with Crippen LogP contribution in [0.1, 0.15) is 36.6 Å². The van der Waals surface area contributed by atoms with E-state index < -0.39 is 0 Å². The molecule has 18 heavy (non-hydrogen) atoms. The molecule has 0 spiro atoms. The molecule has 0 bridgehead atoms. The van der Waals surface area contributed by atoms with Gasteiger partial charge in [0.05, 0.1) is 17.6 Å². The molecule has 0 amide bonds. The zero-order valence-corrected chi connectivity index (χ0v) is 11.6. The molecule has 2 aromatic heterocycles. The topological polar surface area (TPSA) is 38.1 Å². The standard InChI is InChI=1S/C14H18N2OS/c1-9(2)15-8-14-16-7-11(17-14)13-6-10-4-3-5-12(10)18-13/h6-7,9,15H,3-5,8H2,1-2H3. The van der Waals surface area contributed by atoms with Gasteiger partial charge in [0.1, 0.15) is 0 Å². The predicted octanol–water partition coefficient (Wildman–Crippen LogP) is 3.39. The maximum Gasteiger partial charge on any atom is 0.208 e. The number of oxazole rings is 1. The van der Waals surface area contributed by atoms with Gasteiger partial charge in [0, 0.05) is 10.9 Å². The molecule has 1 aliphatic carbocycles. The molecule has 0 fully saturated rings. The molecule has 2 heterocycles. The average molecular weight is 262 g/mol. The summed E-state index contributed by atoms with van der Waals surface area (Å²) < 4.78 is 5.79. The van der Waals surface area contributed by atoms with E-state index in [0.29, 0.717) is 12.6 Å². The van der Waals surface area contributed by atoms with Gasteiger partial charge in [-0.25, -0.2) is 4.98 Å². The zero-order valence-electron chi connectivity index (χ0n) is 10.8. The quantitative estimate of drug-likeness (QED) is 0.917. The molecular weight excluding hydrogens is 244 g/mol. The maximum absolute atomic E-state index is 5.79. The van der Waals surface area contributed by atoms with E-state index in [1.165, 1.54) is 34.6 Å². The van der Waals surface area contributed by atoms with Gasteiger partial charge < -0.3 is 9.73 Å². The largest absolute Gasteiger partial charge is 0.438 e. The van der Waals surface area contributed by atoms with Crippen molar-refractivity contribution in [3.8, 4) is 10.6 Å². The van der Waals surface area contributed by atoms with Crippen molar-refractivity contribution in [3.05, 3.63) is 28.6 Å². The summed E-state index contributed by atoms with van der Waals surface area (Å²) in [5.74, 6) is 1.68. The number of aromatic nitrogens is 1. The summed E-state index contributed by atoms with van der Waals surface area (Å²) in [6.07, 6.45) is 5.61. The third-order valence-corrected chi connectivity index (χ3v) is 4.46. The van der Waals surface area contributed by atoms with E-state index in [2.05, 4.69) is 30.2 Å². The number of aryl methyl sites for hydroxylation is 2. The van der Waals surface area contributed by atoms with Gasteiger partial charge in [0.15, 0.2) is 5.76 Å². The number of nitrogens with zero attached hydrogens (tertiary/aromatic N) is 1. The van der Waals surface area contributed by atoms with Crippen LogP contribution < -0.4 is 5.32 Å². The molecule has 0 atom stereocenters. The molecule has 3 nitrogen and oxygen atoms in total. The van der Waals surface area contributed by atoms with Crippen LogP contribution in [0.4, 0.5) is 0 Å². The van der Waals surface area contributed by atoms with Crippen molar-refractivity contribution in [2.75, 3.05) is 0 Å². The van der Waals surface area contributed by atoms with Gasteiger partial charge in [0.2, 0.25) is 5.89 Å². The third kappa shape index (κ3) is 2.35. The number of rotatable bonds is 4. The summed E-state index contributed by atoms with van der Waals surface area (Å²) in [6, 6.07) is 2.72. The van der Waals surface area contributed by atoms with Crippen LogP contribution in [0.2, 0.25) is 0 Å². The number of hydrogen-bond acceptors (Lipinski definition) is 4. The van der Waals surface area contributed by atoms with Crippen molar-refractivity contribution >= 4 is 11.3 Å². The lowest BCUT2D eigenvalue weighted by Gasteiger charge is -2.03. The van der Waals surface area contributed by atoms with Gasteiger partial charge in [-0.15, -0.1) is 11.3 Å². The summed E-state index contributed by atoms with van der Waals surface area (Å²) in [5, 5.41) is 3.31. The zero-order chi connectivity index (χ0) is 12.5. The van der Waals surface area contributed by atoms with Crippen LogP contribution in [-0.4, -0.2) is 11.0 Å². The molecule has 0 aliphatic heterocycles. The van der Waals surface area contributed by atoms with E-state index in [1.807, 2.05) is 17.5 Å². The highest BCUT2D eigenvalue weighted by Gasteiger charge is 2.17. The first-order chi connectivity index (χ1) is 8.72. The number of nitrogens with one attached hydrogen (secondary N) is 1. The van der Waals surface area contributed by atoms with Crippen LogP contribution >= 0.6 is 11.3 Å². The Bertz CT molecular complexity index is 520. The van der Waals surface area contributed by atoms with Gasteiger partial charge >= 0.3 is 0 Å². The van der Waals surface area contributed by atoms with Crippen molar-refractivity contribution in [1.29, 1.82) is 0 Å². The molecule has 0 unspecified atom stereocenters. The van der Waals surface area contributed by atoms with E-state index in [4.69, 9.17) is 4.42 Å². The Morgan fingerprint density at radius 2 is 2.33 bits per heavy atom. The van der Waals surface area contributed by atoms with Crippen LogP contribution in [-0.2, 0) is 19.4 Å². The van der Waals surface area contributed by atoms with E-state index >= 15 is 0 Å². The highest BCUT2D eigenvalue weighted by molar-refractivity contribution is 7.15. The normalized spacial score (nSPS) is 14.4. The lowest BCUT2D eigenvalue weighted by Crippen LogP contribution is -2.21. The van der Waals surface area contributed by atoms with Crippen LogP contribution in [0.25, 0.3) is 10.6 Å². The lowest BCUT2D eigenvalue weighted by atomic mass is 10.2. The first-order valence-electron chi connectivity index (χ1n) is 6.52. The monoisotopic (exact) mass is 262 g/mol. The SMILES string of the molecule is CC(C)NCc1ncc(-c2cc3c(s2)CCC3)o1. The van der Waals surface area contributed by atoms with Crippen molar-refractivity contribution < 1.29 is 4.42 Å². The first kappa shape index (κ1) is 11.9. The van der Waals surface area contributed by atoms with Gasteiger partial charge in [-0.2, -0.15) is 0 Å². The molecule has 0 radical (unpaired) electrons. The minimum atomic E-state index is 0.450. The number of fused-ring (bicyclic) bond motifs is 1. The molecule has 4 heteroatoms. The van der Waals surface area contributed by atoms with E-state index in [0.717, 1.165) is 11.7 Å². The molecular formula is C14H18N2OS. The Hall–Kier alpha value is -1.13. The van der Waals surface area contributed by atoms with Crippen LogP contribution in [0.3, 0.4) is 0 Å². The molecule has 3 rings (SSSR count). The molecule has 2 aromatic rings. The van der Waals surface area contributed by atoms with Crippen molar-refractivity contribution in [1.82, 2.24) is 10.3 Å². The van der Waals surface area contributed by atoms with Crippen molar-refractivity contribution in [2.24, 2.45) is 0 Å². The first-order valence-corrected chi connectivity index (χ1v) is 7.34. The molecule has 1 N–H and O–H groups in total. The summed E-state index contributed by atoms with van der Waals surface area (Å²) >= 11 is 1.86. The van der Waals surface area contributed by atoms with Gasteiger partial charge in [-0.05, 0) is 30.9 Å². The fraction of sp³-hybridized carbons (Fsp3) is 0.500. The maximum atomic E-state index is 5.79. The molecule has 0 aromatic carbocycles. The highest BCUT2D eigenvalue weighted by atomic mass is 32.1. The highest BCUT2D eigenvalue weighted by Crippen LogP contribution is 2.36. The van der Waals surface area contributed by atoms with Gasteiger partial charge in [-0.3, -0.25) is 0 Å². The van der Waals surface area contributed by atoms with Crippen molar-refractivity contribution in [2.45, 2.75) is 45.7 Å². The Morgan fingerprint density at radius 1 is 1.44 bits per heavy atom. The second kappa shape index (κ2) is 4.86. The van der Waals surface area contributed by atoms with Crippen LogP contribution in [0.5, 0.6) is 0 Å².